The van der Waals surface area contributed by atoms with Crippen molar-refractivity contribution in [3.63, 3.8) is 0 Å². The third kappa shape index (κ3) is 3.46. The predicted octanol–water partition coefficient (Wildman–Crippen LogP) is 3.23. The quantitative estimate of drug-likeness (QED) is 0.833. The van der Waals surface area contributed by atoms with E-state index in [1.54, 1.807) is 17.7 Å². The number of hydrogen-bond acceptors (Lipinski definition) is 4. The maximum atomic E-state index is 4.10. The minimum Gasteiger partial charge on any atom is -0.306 e. The zero-order valence-corrected chi connectivity index (χ0v) is 12.5. The van der Waals surface area contributed by atoms with Gasteiger partial charge in [-0.05, 0) is 52.6 Å². The summed E-state index contributed by atoms with van der Waals surface area (Å²) in [4.78, 5) is 8.19. The highest BCUT2D eigenvalue weighted by atomic mass is 127. The fraction of sp³-hybridized carbons (Fsp3) is 0.333. The Kier molecular flexibility index (Phi) is 4.87. The maximum absolute atomic E-state index is 4.10. The van der Waals surface area contributed by atoms with Crippen molar-refractivity contribution in [3.8, 4) is 0 Å². The number of thiophene rings is 1. The van der Waals surface area contributed by atoms with E-state index >= 15 is 0 Å². The molecule has 2 aromatic rings. The Labute approximate surface area is 119 Å². The van der Waals surface area contributed by atoms with E-state index in [9.17, 15) is 0 Å². The second-order valence-corrected chi connectivity index (χ2v) is 6.55. The van der Waals surface area contributed by atoms with Crippen molar-refractivity contribution >= 4 is 33.9 Å². The molecule has 0 bridgehead atoms. The molecule has 17 heavy (non-hydrogen) atoms. The summed E-state index contributed by atoms with van der Waals surface area (Å²) in [6, 6.07) is 2.42. The molecular formula is C12H14IN3S. The van der Waals surface area contributed by atoms with Gasteiger partial charge in [-0.15, -0.1) is 11.3 Å². The van der Waals surface area contributed by atoms with Crippen LogP contribution in [0, 0.1) is 2.88 Å². The number of aromatic nitrogens is 2. The van der Waals surface area contributed by atoms with Gasteiger partial charge in [0.15, 0.2) is 0 Å². The van der Waals surface area contributed by atoms with E-state index in [2.05, 4.69) is 56.2 Å². The number of rotatable bonds is 5. The third-order valence-corrected chi connectivity index (χ3v) is 4.24. The Morgan fingerprint density at radius 3 is 2.71 bits per heavy atom. The van der Waals surface area contributed by atoms with Crippen LogP contribution in [0.5, 0.6) is 0 Å². The lowest BCUT2D eigenvalue weighted by molar-refractivity contribution is 0.596. The molecule has 2 heterocycles. The van der Waals surface area contributed by atoms with E-state index < -0.39 is 0 Å². The van der Waals surface area contributed by atoms with Gasteiger partial charge in [0.1, 0.15) is 6.33 Å². The van der Waals surface area contributed by atoms with Gasteiger partial charge in [0.2, 0.25) is 0 Å². The number of halogens is 1. The van der Waals surface area contributed by atoms with Crippen LogP contribution in [0.3, 0.4) is 0 Å². The topological polar surface area (TPSA) is 37.8 Å². The van der Waals surface area contributed by atoms with Crippen LogP contribution >= 0.6 is 33.9 Å². The molecule has 3 nitrogen and oxygen atoms in total. The smallest absolute Gasteiger partial charge is 0.115 e. The Hall–Kier alpha value is -0.530. The van der Waals surface area contributed by atoms with E-state index in [0.29, 0.717) is 0 Å². The van der Waals surface area contributed by atoms with Crippen molar-refractivity contribution in [1.29, 1.82) is 0 Å². The molecule has 0 fully saturated rings. The largest absolute Gasteiger partial charge is 0.306 e. The number of hydrogen-bond donors (Lipinski definition) is 1. The molecule has 2 aromatic heterocycles. The fourth-order valence-corrected chi connectivity index (χ4v) is 3.05. The van der Waals surface area contributed by atoms with Crippen LogP contribution in [0.15, 0.2) is 30.2 Å². The van der Waals surface area contributed by atoms with Crippen LogP contribution in [0.1, 0.15) is 30.5 Å². The van der Waals surface area contributed by atoms with Gasteiger partial charge in [0.05, 0.1) is 8.93 Å². The Morgan fingerprint density at radius 1 is 1.35 bits per heavy atom. The predicted molar refractivity (Wildman–Crippen MR) is 79.2 cm³/mol. The molecular weight excluding hydrogens is 345 g/mol. The van der Waals surface area contributed by atoms with Gasteiger partial charge in [-0.3, -0.25) is 0 Å². The standard InChI is InChI=1S/C12H14IN3S/c1-2-3-16-12(9-4-11(13)17-7-9)10-5-14-8-15-6-10/h4-8,12,16H,2-3H2,1H3. The van der Waals surface area contributed by atoms with Crippen molar-refractivity contribution in [2.24, 2.45) is 0 Å². The van der Waals surface area contributed by atoms with E-state index in [0.717, 1.165) is 18.5 Å². The monoisotopic (exact) mass is 359 g/mol. The Morgan fingerprint density at radius 2 is 2.12 bits per heavy atom. The molecule has 0 radical (unpaired) electrons. The Balaban J connectivity index is 2.25. The van der Waals surface area contributed by atoms with Crippen LogP contribution in [-0.4, -0.2) is 16.5 Å². The van der Waals surface area contributed by atoms with E-state index in [1.165, 1.54) is 8.45 Å². The van der Waals surface area contributed by atoms with Crippen molar-refractivity contribution in [3.05, 3.63) is 44.2 Å². The van der Waals surface area contributed by atoms with Crippen molar-refractivity contribution in [2.45, 2.75) is 19.4 Å². The number of nitrogens with zero attached hydrogens (tertiary/aromatic N) is 2. The minimum absolute atomic E-state index is 0.205. The van der Waals surface area contributed by atoms with E-state index in [4.69, 9.17) is 0 Å². The molecule has 0 spiro atoms. The first-order chi connectivity index (χ1) is 8.31. The molecule has 0 saturated heterocycles. The summed E-state index contributed by atoms with van der Waals surface area (Å²) in [6.45, 7) is 3.16. The number of nitrogens with one attached hydrogen (secondary N) is 1. The first-order valence-corrected chi connectivity index (χ1v) is 7.49. The molecule has 0 aromatic carbocycles. The molecule has 5 heteroatoms. The van der Waals surface area contributed by atoms with Crippen LogP contribution in [-0.2, 0) is 0 Å². The molecule has 1 atom stereocenters. The maximum Gasteiger partial charge on any atom is 0.115 e. The SMILES string of the molecule is CCCNC(c1cncnc1)c1csc(I)c1. The van der Waals surface area contributed by atoms with E-state index in [1.807, 2.05) is 12.4 Å². The van der Waals surface area contributed by atoms with Gasteiger partial charge in [-0.25, -0.2) is 9.97 Å². The van der Waals surface area contributed by atoms with Crippen molar-refractivity contribution in [1.82, 2.24) is 15.3 Å². The molecule has 1 unspecified atom stereocenters. The second-order valence-electron chi connectivity index (χ2n) is 3.74. The highest BCUT2D eigenvalue weighted by Crippen LogP contribution is 2.26. The lowest BCUT2D eigenvalue weighted by Gasteiger charge is -2.17. The summed E-state index contributed by atoms with van der Waals surface area (Å²) >= 11 is 4.12. The molecule has 0 aliphatic heterocycles. The van der Waals surface area contributed by atoms with Crippen LogP contribution in [0.2, 0.25) is 0 Å². The first kappa shape index (κ1) is 12.9. The zero-order chi connectivity index (χ0) is 12.1. The average Bonchev–Trinajstić information content (AvgIpc) is 2.78. The van der Waals surface area contributed by atoms with Gasteiger partial charge >= 0.3 is 0 Å². The lowest BCUT2D eigenvalue weighted by Crippen LogP contribution is -2.23. The third-order valence-electron chi connectivity index (χ3n) is 2.43. The summed E-state index contributed by atoms with van der Waals surface area (Å²) in [7, 11) is 0. The normalized spacial score (nSPS) is 12.6. The van der Waals surface area contributed by atoms with E-state index in [-0.39, 0.29) is 6.04 Å². The highest BCUT2D eigenvalue weighted by molar-refractivity contribution is 14.1. The van der Waals surface area contributed by atoms with Gasteiger partial charge in [0.25, 0.3) is 0 Å². The zero-order valence-electron chi connectivity index (χ0n) is 9.56. The molecule has 0 aliphatic rings. The molecule has 0 saturated carbocycles. The molecule has 0 aliphatic carbocycles. The fourth-order valence-electron chi connectivity index (χ4n) is 1.65. The second kappa shape index (κ2) is 6.42. The summed E-state index contributed by atoms with van der Waals surface area (Å²) in [5.74, 6) is 0. The molecule has 1 N–H and O–H groups in total. The summed E-state index contributed by atoms with van der Waals surface area (Å²) < 4.78 is 1.30. The molecule has 0 amide bonds. The first-order valence-electron chi connectivity index (χ1n) is 5.53. The highest BCUT2D eigenvalue weighted by Gasteiger charge is 2.15. The van der Waals surface area contributed by atoms with Crippen LogP contribution in [0.4, 0.5) is 0 Å². The summed E-state index contributed by atoms with van der Waals surface area (Å²) in [6.07, 6.45) is 6.44. The van der Waals surface area contributed by atoms with Gasteiger partial charge in [-0.2, -0.15) is 0 Å². The van der Waals surface area contributed by atoms with Gasteiger partial charge in [-0.1, -0.05) is 6.92 Å². The lowest BCUT2D eigenvalue weighted by atomic mass is 10.0. The van der Waals surface area contributed by atoms with Gasteiger partial charge < -0.3 is 5.32 Å². The van der Waals surface area contributed by atoms with Crippen LogP contribution < -0.4 is 5.32 Å². The van der Waals surface area contributed by atoms with Gasteiger partial charge in [0, 0.05) is 18.0 Å². The summed E-state index contributed by atoms with van der Waals surface area (Å²) in [5, 5.41) is 5.74. The minimum atomic E-state index is 0.205. The van der Waals surface area contributed by atoms with Crippen molar-refractivity contribution < 1.29 is 0 Å². The van der Waals surface area contributed by atoms with Crippen molar-refractivity contribution in [2.75, 3.05) is 6.54 Å². The summed E-state index contributed by atoms with van der Waals surface area (Å²) in [5.41, 5.74) is 2.41. The molecule has 90 valence electrons. The van der Waals surface area contributed by atoms with Crippen LogP contribution in [0.25, 0.3) is 0 Å². The average molecular weight is 359 g/mol. The molecule has 2 rings (SSSR count). The Bertz CT molecular complexity index is 458.